The lowest BCUT2D eigenvalue weighted by Gasteiger charge is -2.47. The third kappa shape index (κ3) is 2.51. The van der Waals surface area contributed by atoms with E-state index in [1.54, 1.807) is 0 Å². The molecule has 1 aliphatic carbocycles. The highest BCUT2D eigenvalue weighted by atomic mass is 16.5. The molecule has 3 heteroatoms. The highest BCUT2D eigenvalue weighted by Crippen LogP contribution is 2.41. The Balaban J connectivity index is 2.10. The first-order valence-corrected chi connectivity index (χ1v) is 7.30. The molecule has 0 aromatic heterocycles. The Bertz CT molecular complexity index is 246. The van der Waals surface area contributed by atoms with Gasteiger partial charge in [0.25, 0.3) is 0 Å². The van der Waals surface area contributed by atoms with Crippen LogP contribution >= 0.6 is 0 Å². The monoisotopic (exact) mass is 240 g/mol. The summed E-state index contributed by atoms with van der Waals surface area (Å²) in [5, 5.41) is 0. The molecule has 0 bridgehead atoms. The highest BCUT2D eigenvalue weighted by molar-refractivity contribution is 5.01. The molecule has 3 atom stereocenters. The fraction of sp³-hybridized carbons (Fsp3) is 1.00. The molecule has 0 aromatic carbocycles. The minimum atomic E-state index is 0.283. The summed E-state index contributed by atoms with van der Waals surface area (Å²) in [6.07, 6.45) is 6.44. The maximum Gasteiger partial charge on any atom is 0.0622 e. The fourth-order valence-electron chi connectivity index (χ4n) is 3.74. The van der Waals surface area contributed by atoms with Crippen LogP contribution in [0.5, 0.6) is 0 Å². The van der Waals surface area contributed by atoms with Crippen molar-refractivity contribution in [3.8, 4) is 0 Å². The van der Waals surface area contributed by atoms with Gasteiger partial charge in [-0.25, -0.2) is 0 Å². The number of rotatable bonds is 4. The van der Waals surface area contributed by atoms with Gasteiger partial charge in [-0.1, -0.05) is 20.3 Å². The molecule has 2 aliphatic rings. The van der Waals surface area contributed by atoms with Crippen LogP contribution in [-0.2, 0) is 4.74 Å². The van der Waals surface area contributed by atoms with E-state index in [9.17, 15) is 0 Å². The van der Waals surface area contributed by atoms with Gasteiger partial charge in [0.05, 0.1) is 13.2 Å². The molecular weight excluding hydrogens is 212 g/mol. The van der Waals surface area contributed by atoms with Gasteiger partial charge >= 0.3 is 0 Å². The molecule has 2 fully saturated rings. The standard InChI is InChI=1S/C14H28N2O/c1-3-12-5-6-14(9-12,11-15)16-7-8-17-10-13(16)4-2/h12-13H,3-11,15H2,1-2H3. The molecule has 17 heavy (non-hydrogen) atoms. The number of hydrogen-bond donors (Lipinski definition) is 1. The van der Waals surface area contributed by atoms with Gasteiger partial charge in [0, 0.05) is 24.7 Å². The first kappa shape index (κ1) is 13.3. The Morgan fingerprint density at radius 1 is 1.35 bits per heavy atom. The van der Waals surface area contributed by atoms with Crippen LogP contribution in [-0.4, -0.2) is 42.8 Å². The van der Waals surface area contributed by atoms with Crippen LogP contribution in [0.25, 0.3) is 0 Å². The summed E-state index contributed by atoms with van der Waals surface area (Å²) in [7, 11) is 0. The van der Waals surface area contributed by atoms with Crippen LogP contribution in [0.4, 0.5) is 0 Å². The van der Waals surface area contributed by atoms with Crippen molar-refractivity contribution in [2.24, 2.45) is 11.7 Å². The number of nitrogens with zero attached hydrogens (tertiary/aromatic N) is 1. The van der Waals surface area contributed by atoms with Crippen molar-refractivity contribution >= 4 is 0 Å². The molecule has 3 unspecified atom stereocenters. The molecule has 3 nitrogen and oxygen atoms in total. The zero-order valence-corrected chi connectivity index (χ0v) is 11.5. The average molecular weight is 240 g/mol. The minimum Gasteiger partial charge on any atom is -0.378 e. The maximum absolute atomic E-state index is 6.15. The third-order valence-corrected chi connectivity index (χ3v) is 4.95. The van der Waals surface area contributed by atoms with Crippen LogP contribution in [0.15, 0.2) is 0 Å². The fourth-order valence-corrected chi connectivity index (χ4v) is 3.74. The van der Waals surface area contributed by atoms with E-state index in [1.165, 1.54) is 32.1 Å². The summed E-state index contributed by atoms with van der Waals surface area (Å²) >= 11 is 0. The van der Waals surface area contributed by atoms with E-state index in [0.29, 0.717) is 6.04 Å². The summed E-state index contributed by atoms with van der Waals surface area (Å²) in [6.45, 7) is 8.26. The molecule has 0 radical (unpaired) electrons. The van der Waals surface area contributed by atoms with Crippen LogP contribution in [0.3, 0.4) is 0 Å². The summed E-state index contributed by atoms with van der Waals surface area (Å²) in [5.41, 5.74) is 6.43. The minimum absolute atomic E-state index is 0.283. The van der Waals surface area contributed by atoms with E-state index in [0.717, 1.165) is 32.2 Å². The predicted molar refractivity (Wildman–Crippen MR) is 71.0 cm³/mol. The van der Waals surface area contributed by atoms with Gasteiger partial charge in [-0.15, -0.1) is 0 Å². The zero-order chi connectivity index (χ0) is 12.3. The lowest BCUT2D eigenvalue weighted by atomic mass is 9.90. The van der Waals surface area contributed by atoms with Gasteiger partial charge < -0.3 is 10.5 Å². The summed E-state index contributed by atoms with van der Waals surface area (Å²) in [4.78, 5) is 2.69. The summed E-state index contributed by atoms with van der Waals surface area (Å²) < 4.78 is 5.62. The van der Waals surface area contributed by atoms with Gasteiger partial charge in [0.1, 0.15) is 0 Å². The lowest BCUT2D eigenvalue weighted by molar-refractivity contribution is -0.0632. The number of hydrogen-bond acceptors (Lipinski definition) is 3. The van der Waals surface area contributed by atoms with Crippen LogP contribution < -0.4 is 5.73 Å². The molecule has 0 aromatic rings. The molecule has 1 heterocycles. The van der Waals surface area contributed by atoms with Crippen LogP contribution in [0.1, 0.15) is 46.0 Å². The molecule has 2 N–H and O–H groups in total. The smallest absolute Gasteiger partial charge is 0.0622 e. The summed E-state index contributed by atoms with van der Waals surface area (Å²) in [6, 6.07) is 0.586. The SMILES string of the molecule is CCC1CCC(CN)(N2CCOCC2CC)C1. The average Bonchev–Trinajstić information content (AvgIpc) is 2.83. The number of nitrogens with two attached hydrogens (primary N) is 1. The van der Waals surface area contributed by atoms with Crippen LogP contribution in [0.2, 0.25) is 0 Å². The largest absolute Gasteiger partial charge is 0.378 e. The van der Waals surface area contributed by atoms with Gasteiger partial charge in [-0.05, 0) is 31.6 Å². The zero-order valence-electron chi connectivity index (χ0n) is 11.5. The molecule has 100 valence electrons. The first-order chi connectivity index (χ1) is 8.25. The predicted octanol–water partition coefficient (Wildman–Crippen LogP) is 2.00. The van der Waals surface area contributed by atoms with E-state index >= 15 is 0 Å². The van der Waals surface area contributed by atoms with Crippen molar-refractivity contribution in [1.82, 2.24) is 4.90 Å². The Morgan fingerprint density at radius 3 is 2.76 bits per heavy atom. The van der Waals surface area contributed by atoms with Gasteiger partial charge in [-0.2, -0.15) is 0 Å². The van der Waals surface area contributed by atoms with E-state index in [-0.39, 0.29) is 5.54 Å². The number of morpholine rings is 1. The van der Waals surface area contributed by atoms with Crippen molar-refractivity contribution in [2.45, 2.75) is 57.5 Å². The van der Waals surface area contributed by atoms with Gasteiger partial charge in [0.15, 0.2) is 0 Å². The molecule has 1 saturated carbocycles. The Kier molecular flexibility index (Phi) is 4.45. The van der Waals surface area contributed by atoms with E-state index in [1.807, 2.05) is 0 Å². The third-order valence-electron chi connectivity index (χ3n) is 4.95. The quantitative estimate of drug-likeness (QED) is 0.817. The highest BCUT2D eigenvalue weighted by Gasteiger charge is 2.45. The second kappa shape index (κ2) is 5.68. The number of ether oxygens (including phenoxy) is 1. The van der Waals surface area contributed by atoms with E-state index in [4.69, 9.17) is 10.5 Å². The van der Waals surface area contributed by atoms with Crippen molar-refractivity contribution in [3.63, 3.8) is 0 Å². The van der Waals surface area contributed by atoms with Crippen molar-refractivity contribution in [1.29, 1.82) is 0 Å². The molecule has 0 amide bonds. The van der Waals surface area contributed by atoms with E-state index < -0.39 is 0 Å². The van der Waals surface area contributed by atoms with Crippen LogP contribution in [0, 0.1) is 5.92 Å². The van der Waals surface area contributed by atoms with Gasteiger partial charge in [0.2, 0.25) is 0 Å². The molecule has 0 spiro atoms. The topological polar surface area (TPSA) is 38.5 Å². The molecule has 1 aliphatic heterocycles. The first-order valence-electron chi connectivity index (χ1n) is 7.30. The maximum atomic E-state index is 6.15. The molecule has 1 saturated heterocycles. The Labute approximate surface area is 106 Å². The second-order valence-electron chi connectivity index (χ2n) is 5.78. The van der Waals surface area contributed by atoms with E-state index in [2.05, 4.69) is 18.7 Å². The molecular formula is C14H28N2O. The van der Waals surface area contributed by atoms with Crippen molar-refractivity contribution in [2.75, 3.05) is 26.3 Å². The summed E-state index contributed by atoms with van der Waals surface area (Å²) in [5.74, 6) is 0.888. The van der Waals surface area contributed by atoms with Gasteiger partial charge in [-0.3, -0.25) is 4.90 Å². The lowest BCUT2D eigenvalue weighted by Crippen LogP contribution is -2.60. The second-order valence-corrected chi connectivity index (χ2v) is 5.78. The van der Waals surface area contributed by atoms with Crippen molar-refractivity contribution < 1.29 is 4.74 Å². The Morgan fingerprint density at radius 2 is 2.18 bits per heavy atom. The van der Waals surface area contributed by atoms with Crippen molar-refractivity contribution in [3.05, 3.63) is 0 Å². The Hall–Kier alpha value is -0.120. The normalized spacial score (nSPS) is 39.7. The molecule has 2 rings (SSSR count).